The van der Waals surface area contributed by atoms with Crippen LogP contribution in [-0.2, 0) is 29.0 Å². The molecule has 3 aliphatic heterocycles. The number of rotatable bonds is 5. The first-order valence-corrected chi connectivity index (χ1v) is 14.3. The van der Waals surface area contributed by atoms with E-state index in [4.69, 9.17) is 4.74 Å². The predicted octanol–water partition coefficient (Wildman–Crippen LogP) is 2.56. The molecular weight excluding hydrogens is 530 g/mol. The predicted molar refractivity (Wildman–Crippen MR) is 150 cm³/mol. The number of hydrogen-bond acceptors (Lipinski definition) is 5. The standard InChI is InChI=1S/C32H34FN4O4.Li/c1-32(2,3)41-31(40)35-13-10-22(11-14-35)20-6-8-21(9-7-20)23-15-24-25(26(33)16-23)17-37(30(24)39)28(18-38)29-27-5-4-12-36(27)19-34-29;/h6-9,15-16,19,22,28H,4-5,10-14,17H2,1-3H3;/q-1;+1. The Morgan fingerprint density at radius 3 is 2.48 bits per heavy atom. The first-order chi connectivity index (χ1) is 19.6. The fourth-order valence-electron chi connectivity index (χ4n) is 6.23. The number of fused-ring (bicyclic) bond motifs is 2. The Hall–Kier alpha value is -3.41. The first-order valence-electron chi connectivity index (χ1n) is 14.3. The van der Waals surface area contributed by atoms with E-state index in [1.165, 1.54) is 16.5 Å². The molecule has 1 atom stereocenters. The van der Waals surface area contributed by atoms with E-state index in [0.717, 1.165) is 43.5 Å². The second-order valence-corrected chi connectivity index (χ2v) is 12.2. The van der Waals surface area contributed by atoms with Crippen molar-refractivity contribution in [3.05, 3.63) is 76.6 Å². The minimum Gasteiger partial charge on any atom is -0.539 e. The summed E-state index contributed by atoms with van der Waals surface area (Å²) in [7, 11) is 0. The van der Waals surface area contributed by atoms with E-state index >= 15 is 4.39 Å². The van der Waals surface area contributed by atoms with E-state index in [0.29, 0.717) is 35.8 Å². The normalized spacial score (nSPS) is 17.5. The van der Waals surface area contributed by atoms with Crippen molar-refractivity contribution in [3.8, 4) is 11.1 Å². The molecule has 1 saturated heterocycles. The van der Waals surface area contributed by atoms with Gasteiger partial charge in [-0.3, -0.25) is 4.79 Å². The summed E-state index contributed by atoms with van der Waals surface area (Å²) in [5, 5.41) is 0. The van der Waals surface area contributed by atoms with Crippen molar-refractivity contribution in [1.29, 1.82) is 0 Å². The monoisotopic (exact) mass is 564 g/mol. The molecule has 1 fully saturated rings. The Bertz CT molecular complexity index is 1510. The molecule has 2 aromatic carbocycles. The largest absolute Gasteiger partial charge is 1.00 e. The Kier molecular flexibility index (Phi) is 8.37. The Morgan fingerprint density at radius 1 is 1.10 bits per heavy atom. The number of ether oxygens (including phenoxy) is 1. The third-order valence-electron chi connectivity index (χ3n) is 8.35. The number of aromatic nitrogens is 2. The van der Waals surface area contributed by atoms with E-state index in [1.54, 1.807) is 17.3 Å². The number of piperidine rings is 1. The van der Waals surface area contributed by atoms with Gasteiger partial charge in [0.05, 0.1) is 12.0 Å². The zero-order chi connectivity index (χ0) is 28.9. The average molecular weight is 565 g/mol. The molecule has 42 heavy (non-hydrogen) atoms. The maximum Gasteiger partial charge on any atom is 1.00 e. The molecule has 0 saturated carbocycles. The number of hydrogen-bond donors (Lipinski definition) is 0. The van der Waals surface area contributed by atoms with E-state index in [9.17, 15) is 14.4 Å². The number of carbonyl (C=O) groups is 2. The summed E-state index contributed by atoms with van der Waals surface area (Å²) in [5.74, 6) is -0.538. The van der Waals surface area contributed by atoms with Crippen LogP contribution in [0, 0.1) is 5.82 Å². The zero-order valence-corrected chi connectivity index (χ0v) is 24.7. The van der Waals surface area contributed by atoms with E-state index in [1.807, 2.05) is 55.9 Å². The Labute approximate surface area is 257 Å². The molecule has 4 heterocycles. The molecule has 2 amide bonds. The summed E-state index contributed by atoms with van der Waals surface area (Å²) in [6, 6.07) is 10.2. The van der Waals surface area contributed by atoms with Gasteiger partial charge in [-0.1, -0.05) is 24.3 Å². The van der Waals surface area contributed by atoms with Crippen LogP contribution in [-0.4, -0.2) is 56.3 Å². The molecule has 214 valence electrons. The van der Waals surface area contributed by atoms with Crippen LogP contribution in [0.2, 0.25) is 0 Å². The summed E-state index contributed by atoms with van der Waals surface area (Å²) in [4.78, 5) is 45.4. The molecular formula is C32H34FLiN4O4. The van der Waals surface area contributed by atoms with Crippen LogP contribution in [0.4, 0.5) is 9.18 Å². The smallest absolute Gasteiger partial charge is 0.539 e. The van der Waals surface area contributed by atoms with Gasteiger partial charge in [0.1, 0.15) is 11.4 Å². The summed E-state index contributed by atoms with van der Waals surface area (Å²) in [6.07, 6.45) is 6.85. The summed E-state index contributed by atoms with van der Waals surface area (Å²) in [6.45, 7) is 7.71. The molecule has 1 unspecified atom stereocenters. The van der Waals surface area contributed by atoms with Crippen LogP contribution in [0.1, 0.15) is 84.9 Å². The molecule has 0 radical (unpaired) electrons. The van der Waals surface area contributed by atoms with Crippen LogP contribution in [0.15, 0.2) is 42.7 Å². The van der Waals surface area contributed by atoms with Gasteiger partial charge in [0, 0.05) is 43.0 Å². The van der Waals surface area contributed by atoms with Gasteiger partial charge in [0.15, 0.2) is 0 Å². The van der Waals surface area contributed by atoms with Gasteiger partial charge in [0.25, 0.3) is 5.91 Å². The van der Waals surface area contributed by atoms with Crippen LogP contribution in [0.5, 0.6) is 0 Å². The van der Waals surface area contributed by atoms with Crippen LogP contribution < -0.4 is 18.9 Å². The van der Waals surface area contributed by atoms with E-state index in [2.05, 4.69) is 4.98 Å². The number of benzene rings is 2. The van der Waals surface area contributed by atoms with Gasteiger partial charge < -0.3 is 23.9 Å². The third-order valence-corrected chi connectivity index (χ3v) is 8.35. The van der Waals surface area contributed by atoms with Crippen molar-refractivity contribution >= 4 is 18.3 Å². The van der Waals surface area contributed by atoms with Crippen molar-refractivity contribution in [2.45, 2.75) is 77.1 Å². The minimum absolute atomic E-state index is 0. The number of nitrogens with zero attached hydrogens (tertiary/aromatic N) is 4. The molecule has 8 nitrogen and oxygen atoms in total. The van der Waals surface area contributed by atoms with Crippen molar-refractivity contribution < 1.29 is 42.4 Å². The fourth-order valence-corrected chi connectivity index (χ4v) is 6.23. The topological polar surface area (TPSA) is 84.7 Å². The summed E-state index contributed by atoms with van der Waals surface area (Å²) < 4.78 is 22.8. The SMILES string of the molecule is CC(C)(C)OC(=O)N1CCC(c2ccc(-c3cc(F)c4c(c3)C(=O)N(C([C-]=O)c3ncn5c3CCC5)C4)cc2)CC1.[Li+]. The number of likely N-dealkylation sites (tertiary alicyclic amines) is 1. The van der Waals surface area contributed by atoms with E-state index < -0.39 is 17.5 Å². The minimum atomic E-state index is -0.965. The molecule has 10 heteroatoms. The van der Waals surface area contributed by atoms with Crippen LogP contribution >= 0.6 is 0 Å². The molecule has 1 aromatic heterocycles. The quantitative estimate of drug-likeness (QED) is 0.352. The van der Waals surface area contributed by atoms with Crippen molar-refractivity contribution in [2.75, 3.05) is 13.1 Å². The Morgan fingerprint density at radius 2 is 1.81 bits per heavy atom. The second-order valence-electron chi connectivity index (χ2n) is 12.2. The maximum absolute atomic E-state index is 15.3. The summed E-state index contributed by atoms with van der Waals surface area (Å²) >= 11 is 0. The average Bonchev–Trinajstić information content (AvgIpc) is 3.65. The number of aryl methyl sites for hydroxylation is 1. The van der Waals surface area contributed by atoms with Crippen LogP contribution in [0.25, 0.3) is 11.1 Å². The van der Waals surface area contributed by atoms with Crippen molar-refractivity contribution in [3.63, 3.8) is 0 Å². The second kappa shape index (κ2) is 11.7. The molecule has 6 rings (SSSR count). The third kappa shape index (κ3) is 5.65. The molecule has 0 bridgehead atoms. The molecule has 0 aliphatic carbocycles. The number of amides is 2. The van der Waals surface area contributed by atoms with Gasteiger partial charge in [-0.25, -0.2) is 20.5 Å². The number of carbonyl (C=O) groups excluding carboxylic acids is 3. The van der Waals surface area contributed by atoms with Gasteiger partial charge in [-0.05, 0) is 87.2 Å². The Balaban J connectivity index is 0.00000353. The number of imidazole rings is 1. The van der Waals surface area contributed by atoms with Gasteiger partial charge >= 0.3 is 25.0 Å². The first kappa shape index (κ1) is 30.1. The van der Waals surface area contributed by atoms with Crippen molar-refractivity contribution in [2.24, 2.45) is 0 Å². The molecule has 0 N–H and O–H groups in total. The number of halogens is 1. The molecule has 0 spiro atoms. The van der Waals surface area contributed by atoms with Gasteiger partial charge in [-0.2, -0.15) is 0 Å². The summed E-state index contributed by atoms with van der Waals surface area (Å²) in [5.41, 5.74) is 4.11. The van der Waals surface area contributed by atoms with Gasteiger partial charge in [0.2, 0.25) is 0 Å². The zero-order valence-electron chi connectivity index (χ0n) is 24.7. The van der Waals surface area contributed by atoms with Gasteiger partial charge in [-0.15, -0.1) is 0 Å². The maximum atomic E-state index is 15.3. The van der Waals surface area contributed by atoms with E-state index in [-0.39, 0.29) is 43.0 Å². The fraction of sp³-hybridized carbons (Fsp3) is 0.438. The van der Waals surface area contributed by atoms with Crippen molar-refractivity contribution in [1.82, 2.24) is 19.4 Å². The molecule has 3 aliphatic rings. The molecule has 3 aromatic rings. The van der Waals surface area contributed by atoms with Crippen LogP contribution in [0.3, 0.4) is 0 Å².